The summed E-state index contributed by atoms with van der Waals surface area (Å²) in [5, 5.41) is 2.99. The van der Waals surface area contributed by atoms with E-state index in [2.05, 4.69) is 45.7 Å². The maximum Gasteiger partial charge on any atom is 0.252 e. The molecule has 1 aromatic carbocycles. The third-order valence-corrected chi connectivity index (χ3v) is 4.39. The van der Waals surface area contributed by atoms with Crippen molar-refractivity contribution >= 4 is 34.5 Å². The van der Waals surface area contributed by atoms with E-state index in [0.717, 1.165) is 17.6 Å². The molecule has 1 saturated heterocycles. The lowest BCUT2D eigenvalue weighted by molar-refractivity contribution is 0.0937. The topological polar surface area (TPSA) is 32.3 Å². The first kappa shape index (κ1) is 14.9. The van der Waals surface area contributed by atoms with Gasteiger partial charge in [0, 0.05) is 22.0 Å². The van der Waals surface area contributed by atoms with E-state index in [4.69, 9.17) is 0 Å². The lowest BCUT2D eigenvalue weighted by Crippen LogP contribution is -2.40. The third-order valence-electron chi connectivity index (χ3n) is 3.53. The molecule has 1 atom stereocenters. The second kappa shape index (κ2) is 6.77. The summed E-state index contributed by atoms with van der Waals surface area (Å²) in [5.74, 6) is -0.0523. The number of benzene rings is 1. The Balaban J connectivity index is 1.90. The fraction of sp³-hybridized carbons (Fsp3) is 0.500. The standard InChI is InChI=1S/C14H19BrN2OS/c1-10(17-6-2-3-7-17)9-16-14(18)12-5-4-11(15)8-13(12)19/h4-5,8,10,19H,2-3,6-7,9H2,1H3,(H,16,18). The fourth-order valence-corrected chi connectivity index (χ4v) is 3.20. The molecule has 3 nitrogen and oxygen atoms in total. The SMILES string of the molecule is CC(CNC(=O)c1ccc(Br)cc1S)N1CCCC1. The van der Waals surface area contributed by atoms with Crippen molar-refractivity contribution in [2.24, 2.45) is 0 Å². The predicted octanol–water partition coefficient (Wildman–Crippen LogP) is 2.95. The molecule has 2 rings (SSSR count). The van der Waals surface area contributed by atoms with Crippen LogP contribution in [0.3, 0.4) is 0 Å². The maximum absolute atomic E-state index is 12.1. The van der Waals surface area contributed by atoms with Gasteiger partial charge in [0.2, 0.25) is 0 Å². The van der Waals surface area contributed by atoms with Crippen LogP contribution in [0.1, 0.15) is 30.1 Å². The fourth-order valence-electron chi connectivity index (χ4n) is 2.34. The number of hydrogen-bond donors (Lipinski definition) is 2. The highest BCUT2D eigenvalue weighted by Gasteiger charge is 2.19. The van der Waals surface area contributed by atoms with Crippen LogP contribution in [0.4, 0.5) is 0 Å². The van der Waals surface area contributed by atoms with Crippen LogP contribution in [0, 0.1) is 0 Å². The molecule has 19 heavy (non-hydrogen) atoms. The highest BCUT2D eigenvalue weighted by Crippen LogP contribution is 2.19. The van der Waals surface area contributed by atoms with Crippen LogP contribution in [0.25, 0.3) is 0 Å². The maximum atomic E-state index is 12.1. The molecule has 1 fully saturated rings. The molecule has 1 aromatic rings. The molecule has 0 spiro atoms. The van der Waals surface area contributed by atoms with Gasteiger partial charge in [0.1, 0.15) is 0 Å². The number of rotatable bonds is 4. The first-order chi connectivity index (χ1) is 9.08. The van der Waals surface area contributed by atoms with Gasteiger partial charge >= 0.3 is 0 Å². The van der Waals surface area contributed by atoms with Crippen LogP contribution in [-0.4, -0.2) is 36.5 Å². The highest BCUT2D eigenvalue weighted by atomic mass is 79.9. The lowest BCUT2D eigenvalue weighted by Gasteiger charge is -2.23. The minimum atomic E-state index is -0.0523. The molecule has 1 heterocycles. The van der Waals surface area contributed by atoms with Crippen molar-refractivity contribution in [3.8, 4) is 0 Å². The van der Waals surface area contributed by atoms with Crippen molar-refractivity contribution in [3.63, 3.8) is 0 Å². The number of likely N-dealkylation sites (tertiary alicyclic amines) is 1. The molecular formula is C14H19BrN2OS. The summed E-state index contributed by atoms with van der Waals surface area (Å²) < 4.78 is 0.930. The van der Waals surface area contributed by atoms with Crippen LogP contribution in [0.5, 0.6) is 0 Å². The molecule has 1 unspecified atom stereocenters. The van der Waals surface area contributed by atoms with Crippen LogP contribution in [0.2, 0.25) is 0 Å². The van der Waals surface area contributed by atoms with Crippen molar-refractivity contribution in [1.82, 2.24) is 10.2 Å². The molecule has 0 saturated carbocycles. The number of nitrogens with one attached hydrogen (secondary N) is 1. The van der Waals surface area contributed by atoms with Gasteiger partial charge in [0.15, 0.2) is 0 Å². The smallest absolute Gasteiger partial charge is 0.252 e. The largest absolute Gasteiger partial charge is 0.350 e. The third kappa shape index (κ3) is 3.97. The minimum Gasteiger partial charge on any atom is -0.350 e. The van der Waals surface area contributed by atoms with E-state index in [9.17, 15) is 4.79 Å². The number of carbonyl (C=O) groups is 1. The second-order valence-corrected chi connectivity index (χ2v) is 6.36. The van der Waals surface area contributed by atoms with Gasteiger partial charge in [-0.25, -0.2) is 0 Å². The number of carbonyl (C=O) groups excluding carboxylic acids is 1. The van der Waals surface area contributed by atoms with Gasteiger partial charge in [0.05, 0.1) is 5.56 Å². The average molecular weight is 343 g/mol. The van der Waals surface area contributed by atoms with Gasteiger partial charge in [-0.1, -0.05) is 15.9 Å². The summed E-state index contributed by atoms with van der Waals surface area (Å²) in [7, 11) is 0. The van der Waals surface area contributed by atoms with E-state index >= 15 is 0 Å². The molecular weight excluding hydrogens is 324 g/mol. The molecule has 1 amide bonds. The zero-order chi connectivity index (χ0) is 13.8. The van der Waals surface area contributed by atoms with E-state index in [0.29, 0.717) is 23.0 Å². The number of nitrogens with zero attached hydrogens (tertiary/aromatic N) is 1. The van der Waals surface area contributed by atoms with Crippen LogP contribution < -0.4 is 5.32 Å². The van der Waals surface area contributed by atoms with E-state index in [1.165, 1.54) is 12.8 Å². The van der Waals surface area contributed by atoms with Gasteiger partial charge in [-0.15, -0.1) is 12.6 Å². The molecule has 0 radical (unpaired) electrons. The van der Waals surface area contributed by atoms with Crippen molar-refractivity contribution in [2.45, 2.75) is 30.7 Å². The predicted molar refractivity (Wildman–Crippen MR) is 84.0 cm³/mol. The molecule has 1 aliphatic rings. The first-order valence-corrected chi connectivity index (χ1v) is 7.82. The summed E-state index contributed by atoms with van der Waals surface area (Å²) >= 11 is 7.70. The minimum absolute atomic E-state index is 0.0523. The van der Waals surface area contributed by atoms with Crippen LogP contribution in [0.15, 0.2) is 27.6 Å². The van der Waals surface area contributed by atoms with E-state index < -0.39 is 0 Å². The summed E-state index contributed by atoms with van der Waals surface area (Å²) in [6.45, 7) is 5.14. The van der Waals surface area contributed by atoms with Crippen LogP contribution in [-0.2, 0) is 0 Å². The summed E-state index contributed by atoms with van der Waals surface area (Å²) in [6.07, 6.45) is 2.54. The quantitative estimate of drug-likeness (QED) is 0.824. The molecule has 104 valence electrons. The Morgan fingerprint density at radius 1 is 1.47 bits per heavy atom. The number of hydrogen-bond acceptors (Lipinski definition) is 3. The number of thiol groups is 1. The average Bonchev–Trinajstić information content (AvgIpc) is 2.89. The highest BCUT2D eigenvalue weighted by molar-refractivity contribution is 9.10. The Morgan fingerprint density at radius 3 is 2.79 bits per heavy atom. The molecule has 0 aromatic heterocycles. The zero-order valence-electron chi connectivity index (χ0n) is 11.0. The number of amides is 1. The van der Waals surface area contributed by atoms with Gasteiger partial charge in [-0.2, -0.15) is 0 Å². The second-order valence-electron chi connectivity index (χ2n) is 4.96. The van der Waals surface area contributed by atoms with Gasteiger partial charge in [-0.3, -0.25) is 9.69 Å². The monoisotopic (exact) mass is 342 g/mol. The Morgan fingerprint density at radius 2 is 2.16 bits per heavy atom. The molecule has 0 bridgehead atoms. The zero-order valence-corrected chi connectivity index (χ0v) is 13.5. The van der Waals surface area contributed by atoms with Crippen molar-refractivity contribution in [1.29, 1.82) is 0 Å². The first-order valence-electron chi connectivity index (χ1n) is 6.58. The van der Waals surface area contributed by atoms with E-state index in [1.807, 2.05) is 12.1 Å². The molecule has 1 aliphatic heterocycles. The summed E-state index contributed by atoms with van der Waals surface area (Å²) in [4.78, 5) is 15.2. The normalized spacial score (nSPS) is 17.4. The molecule has 5 heteroatoms. The lowest BCUT2D eigenvalue weighted by atomic mass is 10.2. The van der Waals surface area contributed by atoms with Gasteiger partial charge in [-0.05, 0) is 51.1 Å². The Hall–Kier alpha value is -0.520. The summed E-state index contributed by atoms with van der Waals surface area (Å²) in [6, 6.07) is 5.88. The Labute approximate surface area is 128 Å². The van der Waals surface area contributed by atoms with Crippen molar-refractivity contribution in [3.05, 3.63) is 28.2 Å². The van der Waals surface area contributed by atoms with Gasteiger partial charge < -0.3 is 5.32 Å². The van der Waals surface area contributed by atoms with Crippen LogP contribution >= 0.6 is 28.6 Å². The number of halogens is 1. The molecule has 1 N–H and O–H groups in total. The Kier molecular flexibility index (Phi) is 5.30. The van der Waals surface area contributed by atoms with Crippen molar-refractivity contribution < 1.29 is 4.79 Å². The van der Waals surface area contributed by atoms with E-state index in [1.54, 1.807) is 6.07 Å². The van der Waals surface area contributed by atoms with E-state index in [-0.39, 0.29) is 5.91 Å². The summed E-state index contributed by atoms with van der Waals surface area (Å²) in [5.41, 5.74) is 0.625. The Bertz CT molecular complexity index is 461. The van der Waals surface area contributed by atoms with Crippen molar-refractivity contribution in [2.75, 3.05) is 19.6 Å². The van der Waals surface area contributed by atoms with Gasteiger partial charge in [0.25, 0.3) is 5.91 Å². The molecule has 0 aliphatic carbocycles.